The summed E-state index contributed by atoms with van der Waals surface area (Å²) in [6.07, 6.45) is 0.545. The second-order valence-electron chi connectivity index (χ2n) is 4.01. The Morgan fingerprint density at radius 2 is 2.35 bits per heavy atom. The maximum atomic E-state index is 8.69. The number of likely N-dealkylation sites (N-methyl/N-ethyl adjacent to an activating group) is 1. The van der Waals surface area contributed by atoms with Crippen molar-refractivity contribution in [3.63, 3.8) is 0 Å². The molecular weight excluding hydrogens is 298 g/mol. The Bertz CT molecular complexity index is 383. The van der Waals surface area contributed by atoms with Gasteiger partial charge < -0.3 is 5.73 Å². The van der Waals surface area contributed by atoms with E-state index >= 15 is 0 Å². The van der Waals surface area contributed by atoms with Crippen molar-refractivity contribution in [1.29, 1.82) is 5.26 Å². The smallest absolute Gasteiger partial charge is 0.0635 e. The molecule has 3 nitrogen and oxygen atoms in total. The predicted molar refractivity (Wildman–Crippen MR) is 75.9 cm³/mol. The van der Waals surface area contributed by atoms with Gasteiger partial charge in [-0.1, -0.05) is 6.92 Å². The molecule has 0 bridgehead atoms. The second-order valence-corrected chi connectivity index (χ2v) is 5.87. The Labute approximate surface area is 115 Å². The average Bonchev–Trinajstić information content (AvgIpc) is 2.69. The van der Waals surface area contributed by atoms with Crippen LogP contribution < -0.4 is 5.73 Å². The van der Waals surface area contributed by atoms with E-state index in [0.29, 0.717) is 6.42 Å². The first-order valence-electron chi connectivity index (χ1n) is 5.70. The first-order chi connectivity index (χ1) is 8.10. The van der Waals surface area contributed by atoms with Crippen molar-refractivity contribution in [2.24, 2.45) is 5.73 Å². The van der Waals surface area contributed by atoms with Gasteiger partial charge >= 0.3 is 0 Å². The largest absolute Gasteiger partial charge is 0.326 e. The summed E-state index contributed by atoms with van der Waals surface area (Å²) in [6, 6.07) is 4.57. The van der Waals surface area contributed by atoms with Crippen LogP contribution in [0.25, 0.3) is 0 Å². The lowest BCUT2D eigenvalue weighted by atomic mass is 10.1. The summed E-state index contributed by atoms with van der Waals surface area (Å²) >= 11 is 5.18. The first kappa shape index (κ1) is 14.7. The molecule has 1 heterocycles. The van der Waals surface area contributed by atoms with Gasteiger partial charge in [0.2, 0.25) is 0 Å². The van der Waals surface area contributed by atoms with Crippen LogP contribution in [0.15, 0.2) is 15.9 Å². The number of rotatable bonds is 6. The van der Waals surface area contributed by atoms with Gasteiger partial charge in [-0.15, -0.1) is 11.3 Å². The van der Waals surface area contributed by atoms with Gasteiger partial charge in [0, 0.05) is 33.7 Å². The monoisotopic (exact) mass is 315 g/mol. The SMILES string of the molecule is CCN(CCC#N)C(c1cc(Br)cs1)C(C)N. The second kappa shape index (κ2) is 7.12. The molecule has 17 heavy (non-hydrogen) atoms. The first-order valence-corrected chi connectivity index (χ1v) is 7.38. The maximum absolute atomic E-state index is 8.69. The molecular formula is C12H18BrN3S. The molecule has 0 saturated heterocycles. The van der Waals surface area contributed by atoms with Crippen LogP contribution in [0.3, 0.4) is 0 Å². The van der Waals surface area contributed by atoms with E-state index in [4.69, 9.17) is 11.0 Å². The zero-order chi connectivity index (χ0) is 12.8. The maximum Gasteiger partial charge on any atom is 0.0635 e. The summed E-state index contributed by atoms with van der Waals surface area (Å²) < 4.78 is 1.10. The lowest BCUT2D eigenvalue weighted by Gasteiger charge is -2.32. The van der Waals surface area contributed by atoms with Crippen LogP contribution in [0.1, 0.15) is 31.2 Å². The Hall–Kier alpha value is -0.410. The third kappa shape index (κ3) is 4.07. The Balaban J connectivity index is 2.87. The average molecular weight is 316 g/mol. The van der Waals surface area contributed by atoms with Crippen molar-refractivity contribution in [3.8, 4) is 6.07 Å². The normalized spacial score (nSPS) is 14.6. The van der Waals surface area contributed by atoms with Gasteiger partial charge in [-0.05, 0) is 35.5 Å². The summed E-state index contributed by atoms with van der Waals surface area (Å²) in [6.45, 7) is 5.81. The molecule has 1 aromatic rings. The molecule has 2 atom stereocenters. The molecule has 0 aliphatic rings. The van der Waals surface area contributed by atoms with Gasteiger partial charge in [-0.25, -0.2) is 0 Å². The van der Waals surface area contributed by atoms with E-state index in [0.717, 1.165) is 17.6 Å². The van der Waals surface area contributed by atoms with Crippen LogP contribution in [0.4, 0.5) is 0 Å². The number of hydrogen-bond donors (Lipinski definition) is 1. The third-order valence-corrected chi connectivity index (χ3v) is 4.45. The van der Waals surface area contributed by atoms with Crippen LogP contribution in [0.5, 0.6) is 0 Å². The van der Waals surface area contributed by atoms with E-state index < -0.39 is 0 Å². The van der Waals surface area contributed by atoms with E-state index in [1.165, 1.54) is 4.88 Å². The number of thiophene rings is 1. The van der Waals surface area contributed by atoms with Gasteiger partial charge in [-0.3, -0.25) is 4.90 Å². The third-order valence-electron chi connectivity index (χ3n) is 2.69. The summed E-state index contributed by atoms with van der Waals surface area (Å²) in [5, 5.41) is 10.8. The molecule has 0 aliphatic heterocycles. The summed E-state index contributed by atoms with van der Waals surface area (Å²) in [4.78, 5) is 3.53. The highest BCUT2D eigenvalue weighted by Crippen LogP contribution is 2.31. The van der Waals surface area contributed by atoms with Crippen LogP contribution in [-0.2, 0) is 0 Å². The van der Waals surface area contributed by atoms with Crippen molar-refractivity contribution < 1.29 is 0 Å². The lowest BCUT2D eigenvalue weighted by molar-refractivity contribution is 0.192. The number of hydrogen-bond acceptors (Lipinski definition) is 4. The topological polar surface area (TPSA) is 53.0 Å². The van der Waals surface area contributed by atoms with Crippen molar-refractivity contribution >= 4 is 27.3 Å². The van der Waals surface area contributed by atoms with Gasteiger partial charge in [0.25, 0.3) is 0 Å². The quantitative estimate of drug-likeness (QED) is 0.877. The Morgan fingerprint density at radius 3 is 2.76 bits per heavy atom. The minimum absolute atomic E-state index is 0.0548. The molecule has 1 rings (SSSR count). The zero-order valence-corrected chi connectivity index (χ0v) is 12.6. The van der Waals surface area contributed by atoms with Gasteiger partial charge in [0.1, 0.15) is 0 Å². The molecule has 0 aliphatic carbocycles. The standard InChI is InChI=1S/C12H18BrN3S/c1-3-16(6-4-5-14)12(9(2)15)11-7-10(13)8-17-11/h7-9,12H,3-4,6,15H2,1-2H3. The van der Waals surface area contributed by atoms with Crippen molar-refractivity contribution in [1.82, 2.24) is 4.90 Å². The van der Waals surface area contributed by atoms with Gasteiger partial charge in [0.15, 0.2) is 0 Å². The van der Waals surface area contributed by atoms with E-state index in [2.05, 4.69) is 45.3 Å². The molecule has 2 N–H and O–H groups in total. The molecule has 0 radical (unpaired) electrons. The molecule has 0 spiro atoms. The summed E-state index contributed by atoms with van der Waals surface area (Å²) in [5.74, 6) is 0. The fourth-order valence-electron chi connectivity index (χ4n) is 1.94. The predicted octanol–water partition coefficient (Wildman–Crippen LogP) is 3.13. The van der Waals surface area contributed by atoms with Gasteiger partial charge in [-0.2, -0.15) is 5.26 Å². The Kier molecular flexibility index (Phi) is 6.14. The highest BCUT2D eigenvalue weighted by atomic mass is 79.9. The van der Waals surface area contributed by atoms with E-state index in [1.54, 1.807) is 11.3 Å². The molecule has 0 aromatic carbocycles. The van der Waals surface area contributed by atoms with E-state index in [-0.39, 0.29) is 12.1 Å². The van der Waals surface area contributed by atoms with Crippen molar-refractivity contribution in [2.45, 2.75) is 32.4 Å². The number of nitrogens with zero attached hydrogens (tertiary/aromatic N) is 2. The molecule has 5 heteroatoms. The fourth-order valence-corrected chi connectivity index (χ4v) is 3.64. The number of halogens is 1. The number of nitrogens with two attached hydrogens (primary N) is 1. The minimum atomic E-state index is 0.0548. The van der Waals surface area contributed by atoms with Gasteiger partial charge in [0.05, 0.1) is 12.1 Å². The molecule has 94 valence electrons. The van der Waals surface area contributed by atoms with Crippen LogP contribution in [-0.4, -0.2) is 24.0 Å². The molecule has 2 unspecified atom stereocenters. The zero-order valence-electron chi connectivity index (χ0n) is 10.2. The van der Waals surface area contributed by atoms with Crippen molar-refractivity contribution in [2.75, 3.05) is 13.1 Å². The van der Waals surface area contributed by atoms with Crippen LogP contribution in [0.2, 0.25) is 0 Å². The van der Waals surface area contributed by atoms with Crippen LogP contribution in [0, 0.1) is 11.3 Å². The van der Waals surface area contributed by atoms with Crippen LogP contribution >= 0.6 is 27.3 Å². The lowest BCUT2D eigenvalue weighted by Crippen LogP contribution is -2.39. The van der Waals surface area contributed by atoms with E-state index in [1.807, 2.05) is 6.92 Å². The minimum Gasteiger partial charge on any atom is -0.326 e. The molecule has 0 saturated carbocycles. The van der Waals surface area contributed by atoms with E-state index in [9.17, 15) is 0 Å². The van der Waals surface area contributed by atoms with Crippen molar-refractivity contribution in [3.05, 3.63) is 20.8 Å². The molecule has 1 aromatic heterocycles. The highest BCUT2D eigenvalue weighted by molar-refractivity contribution is 9.10. The summed E-state index contributed by atoms with van der Waals surface area (Å²) in [5.41, 5.74) is 6.09. The molecule has 0 amide bonds. The highest BCUT2D eigenvalue weighted by Gasteiger charge is 2.24. The number of nitriles is 1. The fraction of sp³-hybridized carbons (Fsp3) is 0.583. The molecule has 0 fully saturated rings. The summed E-state index contributed by atoms with van der Waals surface area (Å²) in [7, 11) is 0. The Morgan fingerprint density at radius 1 is 1.65 bits per heavy atom.